The summed E-state index contributed by atoms with van der Waals surface area (Å²) in [5.74, 6) is -2.45. The van der Waals surface area contributed by atoms with Crippen LogP contribution in [-0.4, -0.2) is 65.8 Å². The Morgan fingerprint density at radius 3 is 2.57 bits per heavy atom. The fourth-order valence-corrected chi connectivity index (χ4v) is 4.42. The predicted molar refractivity (Wildman–Crippen MR) is 126 cm³/mol. The number of anilines is 1. The number of nitrogens with zero attached hydrogens (tertiary/aromatic N) is 2. The number of rotatable bonds is 11. The van der Waals surface area contributed by atoms with Crippen molar-refractivity contribution < 1.29 is 33.0 Å². The molecule has 3 N–H and O–H groups in total. The number of carbonyl (C=O) groups excluding carboxylic acids is 2. The molecule has 3 rings (SSSR count). The van der Waals surface area contributed by atoms with Gasteiger partial charge in [-0.2, -0.15) is 4.37 Å². The van der Waals surface area contributed by atoms with Gasteiger partial charge in [0.1, 0.15) is 23.2 Å². The Morgan fingerprint density at radius 2 is 1.91 bits per heavy atom. The van der Waals surface area contributed by atoms with Crippen molar-refractivity contribution in [3.63, 3.8) is 0 Å². The van der Waals surface area contributed by atoms with Crippen LogP contribution in [0.1, 0.15) is 30.4 Å². The largest absolute Gasteiger partial charge is 0.472 e. The number of aliphatic hydroxyl groups excluding tert-OH is 1. The van der Waals surface area contributed by atoms with E-state index in [2.05, 4.69) is 19.9 Å². The van der Waals surface area contributed by atoms with Crippen molar-refractivity contribution >= 4 is 28.5 Å². The maximum Gasteiger partial charge on any atom is 0.319 e. The van der Waals surface area contributed by atoms with Crippen LogP contribution in [0.15, 0.2) is 18.2 Å². The second kappa shape index (κ2) is 12.8. The summed E-state index contributed by atoms with van der Waals surface area (Å²) in [4.78, 5) is 26.4. The molecule has 2 unspecified atom stereocenters. The summed E-state index contributed by atoms with van der Waals surface area (Å²) in [6.45, 7) is 3.57. The summed E-state index contributed by atoms with van der Waals surface area (Å²) in [5.41, 5.74) is 0.263. The molecule has 9 nitrogen and oxygen atoms in total. The van der Waals surface area contributed by atoms with Gasteiger partial charge in [-0.15, -0.1) is 0 Å². The Kier molecular flexibility index (Phi) is 9.75. The predicted octanol–water partition coefficient (Wildman–Crippen LogP) is 3.07. The molecule has 1 aromatic carbocycles. The fraction of sp³-hybridized carbons (Fsp3) is 0.522. The number of hydrogen-bond donors (Lipinski definition) is 3. The first-order chi connectivity index (χ1) is 16.8. The summed E-state index contributed by atoms with van der Waals surface area (Å²) in [5, 5.41) is 16.1. The van der Waals surface area contributed by atoms with Gasteiger partial charge in [-0.05, 0) is 68.5 Å². The van der Waals surface area contributed by atoms with Gasteiger partial charge in [0.05, 0.1) is 24.7 Å². The van der Waals surface area contributed by atoms with Crippen LogP contribution in [0, 0.1) is 24.5 Å². The molecule has 0 spiro atoms. The monoisotopic (exact) mass is 512 g/mol. The molecule has 1 saturated heterocycles. The Labute approximate surface area is 206 Å². The van der Waals surface area contributed by atoms with Crippen LogP contribution in [0.4, 0.5) is 18.6 Å². The number of nitrogens with one attached hydrogen (secondary N) is 2. The molecular formula is C23H30F2N4O5S. The minimum atomic E-state index is -0.964. The summed E-state index contributed by atoms with van der Waals surface area (Å²) in [7, 11) is 1.29. The number of halogens is 2. The van der Waals surface area contributed by atoms with Crippen LogP contribution in [0.25, 0.3) is 0 Å². The van der Waals surface area contributed by atoms with E-state index >= 15 is 0 Å². The number of esters is 1. The highest BCUT2D eigenvalue weighted by atomic mass is 32.1. The van der Waals surface area contributed by atoms with E-state index in [0.717, 1.165) is 37.5 Å². The smallest absolute Gasteiger partial charge is 0.319 e. The maximum absolute atomic E-state index is 13.9. The van der Waals surface area contributed by atoms with E-state index in [-0.39, 0.29) is 31.0 Å². The molecule has 2 atom stereocenters. The lowest BCUT2D eigenvalue weighted by atomic mass is 9.99. The number of benzene rings is 1. The highest BCUT2D eigenvalue weighted by Crippen LogP contribution is 2.24. The van der Waals surface area contributed by atoms with Crippen LogP contribution in [0.3, 0.4) is 0 Å². The van der Waals surface area contributed by atoms with Crippen molar-refractivity contribution in [3.05, 3.63) is 41.0 Å². The van der Waals surface area contributed by atoms with Crippen molar-refractivity contribution in [2.45, 2.75) is 38.9 Å². The third-order valence-corrected chi connectivity index (χ3v) is 6.41. The van der Waals surface area contributed by atoms with E-state index in [1.807, 2.05) is 0 Å². The number of hydrogen-bond acceptors (Lipinski definition) is 8. The Morgan fingerprint density at radius 1 is 1.23 bits per heavy atom. The highest BCUT2D eigenvalue weighted by molar-refractivity contribution is 7.10. The van der Waals surface area contributed by atoms with E-state index in [0.29, 0.717) is 17.1 Å². The van der Waals surface area contributed by atoms with Crippen molar-refractivity contribution in [2.75, 3.05) is 38.6 Å². The summed E-state index contributed by atoms with van der Waals surface area (Å²) in [6.07, 6.45) is 1.34. The minimum absolute atomic E-state index is 0.114. The Balaban J connectivity index is 1.43. The lowest BCUT2D eigenvalue weighted by Crippen LogP contribution is -2.41. The number of aliphatic hydroxyl groups is 1. The van der Waals surface area contributed by atoms with Crippen molar-refractivity contribution in [3.8, 4) is 5.88 Å². The molecule has 2 amide bonds. The first kappa shape index (κ1) is 26.8. The van der Waals surface area contributed by atoms with Gasteiger partial charge in [0.15, 0.2) is 0 Å². The number of methoxy groups -OCH3 is 1. The van der Waals surface area contributed by atoms with Crippen LogP contribution in [0.2, 0.25) is 0 Å². The molecule has 0 aliphatic carbocycles. The zero-order valence-corrected chi connectivity index (χ0v) is 20.5. The van der Waals surface area contributed by atoms with Crippen molar-refractivity contribution in [1.29, 1.82) is 0 Å². The highest BCUT2D eigenvalue weighted by Gasteiger charge is 2.30. The van der Waals surface area contributed by atoms with Crippen molar-refractivity contribution in [1.82, 2.24) is 14.6 Å². The molecule has 1 aliphatic rings. The number of carbonyl (C=O) groups is 2. The van der Waals surface area contributed by atoms with Gasteiger partial charge in [-0.1, -0.05) is 0 Å². The lowest BCUT2D eigenvalue weighted by molar-refractivity contribution is -0.150. The van der Waals surface area contributed by atoms with Gasteiger partial charge in [0.25, 0.3) is 0 Å². The standard InChI is InChI=1S/C23H30F2N4O5S/c1-14-9-17(24)16(18(25)10-14)13-34-20-11-21(35-28-20)27-23(32)26-6-5-19(30)15(22(31)33-2)12-29-7-3-4-8-29/h9-11,15,19,30H,3-8,12-13H2,1-2H3,(H2,26,27,32). The summed E-state index contributed by atoms with van der Waals surface area (Å²) in [6, 6.07) is 3.34. The molecular weight excluding hydrogens is 482 g/mol. The number of likely N-dealkylation sites (tertiary alicyclic amines) is 1. The van der Waals surface area contributed by atoms with E-state index in [4.69, 9.17) is 9.47 Å². The van der Waals surface area contributed by atoms with Gasteiger partial charge >= 0.3 is 12.0 Å². The average molecular weight is 513 g/mol. The summed E-state index contributed by atoms with van der Waals surface area (Å²) < 4.78 is 42.1. The molecule has 0 radical (unpaired) electrons. The Bertz CT molecular complexity index is 993. The second-order valence-electron chi connectivity index (χ2n) is 8.40. The zero-order valence-electron chi connectivity index (χ0n) is 19.7. The van der Waals surface area contributed by atoms with Crippen molar-refractivity contribution in [2.24, 2.45) is 5.92 Å². The van der Waals surface area contributed by atoms with Gasteiger partial charge in [0, 0.05) is 19.2 Å². The average Bonchev–Trinajstić information content (AvgIpc) is 3.48. The van der Waals surface area contributed by atoms with Crippen LogP contribution >= 0.6 is 11.5 Å². The third kappa shape index (κ3) is 7.84. The van der Waals surface area contributed by atoms with Gasteiger partial charge in [0.2, 0.25) is 5.88 Å². The molecule has 12 heteroatoms. The van der Waals surface area contributed by atoms with E-state index in [1.54, 1.807) is 6.92 Å². The molecule has 1 aliphatic heterocycles. The second-order valence-corrected chi connectivity index (χ2v) is 9.20. The van der Waals surface area contributed by atoms with Crippen LogP contribution in [-0.2, 0) is 16.1 Å². The molecule has 192 valence electrons. The maximum atomic E-state index is 13.9. The minimum Gasteiger partial charge on any atom is -0.472 e. The Hall–Kier alpha value is -2.83. The molecule has 1 fully saturated rings. The SMILES string of the molecule is COC(=O)C(CN1CCCC1)C(O)CCNC(=O)Nc1cc(OCc2c(F)cc(C)cc2F)ns1. The van der Waals surface area contributed by atoms with E-state index < -0.39 is 35.7 Å². The van der Waals surface area contributed by atoms with E-state index in [1.165, 1.54) is 25.3 Å². The normalized spacial score (nSPS) is 15.5. The van der Waals surface area contributed by atoms with Gasteiger partial charge < -0.3 is 24.8 Å². The molecule has 2 aromatic rings. The van der Waals surface area contributed by atoms with Gasteiger partial charge in [-0.3, -0.25) is 10.1 Å². The topological polar surface area (TPSA) is 113 Å². The van der Waals surface area contributed by atoms with Crippen LogP contribution < -0.4 is 15.4 Å². The number of urea groups is 1. The molecule has 0 bridgehead atoms. The summed E-state index contributed by atoms with van der Waals surface area (Å²) >= 11 is 0.943. The number of amides is 2. The fourth-order valence-electron chi connectivity index (χ4n) is 3.84. The number of aromatic nitrogens is 1. The number of aryl methyl sites for hydroxylation is 1. The van der Waals surface area contributed by atoms with E-state index in [9.17, 15) is 23.5 Å². The number of ether oxygens (including phenoxy) is 2. The zero-order chi connectivity index (χ0) is 25.4. The first-order valence-electron chi connectivity index (χ1n) is 11.3. The lowest BCUT2D eigenvalue weighted by Gasteiger charge is -2.25. The quantitative estimate of drug-likeness (QED) is 0.397. The third-order valence-electron chi connectivity index (χ3n) is 5.72. The molecule has 0 saturated carbocycles. The first-order valence-corrected chi connectivity index (χ1v) is 12.1. The molecule has 1 aromatic heterocycles. The van der Waals surface area contributed by atoms with Gasteiger partial charge in [-0.25, -0.2) is 13.6 Å². The molecule has 35 heavy (non-hydrogen) atoms. The van der Waals surface area contributed by atoms with Crippen LogP contribution in [0.5, 0.6) is 5.88 Å². The molecule has 2 heterocycles.